The van der Waals surface area contributed by atoms with Gasteiger partial charge in [0.05, 0.1) is 19.1 Å². The molecule has 2 unspecified atom stereocenters. The molecular weight excluding hydrogens is 250 g/mol. The van der Waals surface area contributed by atoms with E-state index in [0.29, 0.717) is 6.61 Å². The molecule has 7 nitrogen and oxygen atoms in total. The number of likely N-dealkylation sites (N-methyl/N-ethyl adjacent to an activating group) is 1. The Kier molecular flexibility index (Phi) is 5.05. The van der Waals surface area contributed by atoms with Crippen molar-refractivity contribution in [2.24, 2.45) is 0 Å². The maximum Gasteiger partial charge on any atom is 0.249 e. The van der Waals surface area contributed by atoms with Crippen molar-refractivity contribution >= 4 is 17.7 Å². The van der Waals surface area contributed by atoms with E-state index < -0.39 is 23.9 Å². The fourth-order valence-corrected chi connectivity index (χ4v) is 1.85. The minimum absolute atomic E-state index is 0.0688. The van der Waals surface area contributed by atoms with Gasteiger partial charge in [-0.15, -0.1) is 0 Å². The van der Waals surface area contributed by atoms with Crippen LogP contribution < -0.4 is 10.6 Å². The number of ether oxygens (including phenoxy) is 1. The normalized spacial score (nSPS) is 20.4. The Labute approximate surface area is 112 Å². The number of likely N-dealkylation sites (tertiary alicyclic amines) is 1. The van der Waals surface area contributed by atoms with Crippen LogP contribution in [0.4, 0.5) is 0 Å². The quantitative estimate of drug-likeness (QED) is 0.494. The minimum Gasteiger partial charge on any atom is -0.480 e. The number of nitrogens with one attached hydrogen (secondary N) is 2. The van der Waals surface area contributed by atoms with Gasteiger partial charge >= 0.3 is 0 Å². The van der Waals surface area contributed by atoms with Gasteiger partial charge in [-0.25, -0.2) is 0 Å². The molecule has 1 aliphatic rings. The molecule has 0 spiro atoms. The summed E-state index contributed by atoms with van der Waals surface area (Å²) in [6.45, 7) is 7.12. The molecule has 0 bridgehead atoms. The van der Waals surface area contributed by atoms with E-state index in [9.17, 15) is 14.4 Å². The van der Waals surface area contributed by atoms with Crippen LogP contribution in [0, 0.1) is 0 Å². The topological polar surface area (TPSA) is 87.7 Å². The summed E-state index contributed by atoms with van der Waals surface area (Å²) in [5, 5.41) is 5.15. The maximum absolute atomic E-state index is 11.9. The lowest BCUT2D eigenvalue weighted by Crippen LogP contribution is -2.49. The highest BCUT2D eigenvalue weighted by molar-refractivity contribution is 6.08. The molecule has 0 aromatic heterocycles. The smallest absolute Gasteiger partial charge is 0.249 e. The molecule has 1 aliphatic heterocycles. The summed E-state index contributed by atoms with van der Waals surface area (Å²) in [7, 11) is 1.60. The van der Waals surface area contributed by atoms with Gasteiger partial charge in [0.1, 0.15) is 6.04 Å². The van der Waals surface area contributed by atoms with Crippen molar-refractivity contribution in [3.63, 3.8) is 0 Å². The second-order valence-corrected chi connectivity index (χ2v) is 4.17. The number of hydrogen-bond acceptors (Lipinski definition) is 5. The number of hydrogen-bond donors (Lipinski definition) is 2. The number of rotatable bonds is 6. The zero-order valence-electron chi connectivity index (χ0n) is 11.4. The van der Waals surface area contributed by atoms with E-state index in [1.165, 1.54) is 6.92 Å². The largest absolute Gasteiger partial charge is 0.480 e. The number of carbonyl (C=O) groups excluding carboxylic acids is 3. The Hall–Kier alpha value is -1.89. The second-order valence-electron chi connectivity index (χ2n) is 4.17. The Morgan fingerprint density at radius 3 is 2.68 bits per heavy atom. The van der Waals surface area contributed by atoms with Crippen molar-refractivity contribution in [1.82, 2.24) is 15.5 Å². The monoisotopic (exact) mass is 269 g/mol. The van der Waals surface area contributed by atoms with Gasteiger partial charge in [-0.1, -0.05) is 0 Å². The lowest BCUT2D eigenvalue weighted by atomic mass is 10.2. The molecule has 1 fully saturated rings. The summed E-state index contributed by atoms with van der Waals surface area (Å²) in [5.74, 6) is -1.16. The third-order valence-electron chi connectivity index (χ3n) is 2.88. The number of nitrogens with zero attached hydrogens (tertiary/aromatic N) is 1. The molecule has 0 saturated carbocycles. The molecule has 106 valence electrons. The summed E-state index contributed by atoms with van der Waals surface area (Å²) in [6.07, 6.45) is 0.0688. The number of amides is 3. The van der Waals surface area contributed by atoms with Crippen molar-refractivity contribution < 1.29 is 19.1 Å². The third kappa shape index (κ3) is 3.31. The predicted octanol–water partition coefficient (Wildman–Crippen LogP) is -0.654. The first kappa shape index (κ1) is 15.2. The van der Waals surface area contributed by atoms with Crippen molar-refractivity contribution in [2.75, 3.05) is 13.7 Å². The van der Waals surface area contributed by atoms with Crippen LogP contribution in [-0.4, -0.2) is 48.4 Å². The van der Waals surface area contributed by atoms with Crippen molar-refractivity contribution in [2.45, 2.75) is 32.4 Å². The van der Waals surface area contributed by atoms with Gasteiger partial charge in [0.25, 0.3) is 0 Å². The highest BCUT2D eigenvalue weighted by Gasteiger charge is 2.42. The molecule has 0 aliphatic carbocycles. The lowest BCUT2D eigenvalue weighted by Gasteiger charge is -2.22. The van der Waals surface area contributed by atoms with E-state index in [-0.39, 0.29) is 18.2 Å². The van der Waals surface area contributed by atoms with Crippen LogP contribution >= 0.6 is 0 Å². The molecule has 19 heavy (non-hydrogen) atoms. The molecule has 2 atom stereocenters. The highest BCUT2D eigenvalue weighted by Crippen LogP contribution is 2.16. The van der Waals surface area contributed by atoms with Gasteiger partial charge in [0.2, 0.25) is 17.7 Å². The zero-order chi connectivity index (χ0) is 14.6. The Morgan fingerprint density at radius 2 is 2.21 bits per heavy atom. The molecule has 7 heteroatoms. The van der Waals surface area contributed by atoms with Crippen LogP contribution in [0.25, 0.3) is 0 Å². The highest BCUT2D eigenvalue weighted by atomic mass is 16.5. The third-order valence-corrected chi connectivity index (χ3v) is 2.88. The summed E-state index contributed by atoms with van der Waals surface area (Å²) in [4.78, 5) is 36.5. The van der Waals surface area contributed by atoms with Gasteiger partial charge < -0.3 is 10.1 Å². The molecule has 0 radical (unpaired) electrons. The summed E-state index contributed by atoms with van der Waals surface area (Å²) in [5.41, 5.74) is 0. The molecule has 1 rings (SSSR count). The summed E-state index contributed by atoms with van der Waals surface area (Å²) in [6, 6.07) is -1.45. The fraction of sp³-hybridized carbons (Fsp3) is 0.583. The molecular formula is C12H19N3O4. The van der Waals surface area contributed by atoms with E-state index in [0.717, 1.165) is 4.90 Å². The zero-order valence-corrected chi connectivity index (χ0v) is 11.4. The summed E-state index contributed by atoms with van der Waals surface area (Å²) < 4.78 is 4.99. The predicted molar refractivity (Wildman–Crippen MR) is 67.7 cm³/mol. The Balaban J connectivity index is 2.69. The van der Waals surface area contributed by atoms with Crippen LogP contribution in [-0.2, 0) is 19.1 Å². The molecule has 3 amide bonds. The van der Waals surface area contributed by atoms with Crippen molar-refractivity contribution in [3.05, 3.63) is 12.5 Å². The fourth-order valence-electron chi connectivity index (χ4n) is 1.85. The average molecular weight is 269 g/mol. The van der Waals surface area contributed by atoms with E-state index >= 15 is 0 Å². The first-order valence-corrected chi connectivity index (χ1v) is 6.08. The first-order valence-electron chi connectivity index (χ1n) is 6.08. The number of carbonyl (C=O) groups is 3. The average Bonchev–Trinajstić information content (AvgIpc) is 2.63. The Bertz CT molecular complexity index is 408. The standard InChI is InChI=1S/C12H19N3O4/c1-5-19-8(3)14-11(17)7(2)15-10(16)6-9(13-4)12(15)18/h7,9,13H,3,5-6H2,1-2,4H3,(H,14,17). The van der Waals surface area contributed by atoms with Gasteiger partial charge in [0, 0.05) is 0 Å². The first-order chi connectivity index (χ1) is 8.92. The minimum atomic E-state index is -0.893. The molecule has 2 N–H and O–H groups in total. The SMILES string of the molecule is C=C(NC(=O)C(C)N1C(=O)CC(NC)C1=O)OCC. The maximum atomic E-state index is 11.9. The van der Waals surface area contributed by atoms with Crippen LogP contribution in [0.2, 0.25) is 0 Å². The van der Waals surface area contributed by atoms with Gasteiger partial charge in [-0.05, 0) is 27.5 Å². The molecule has 1 saturated heterocycles. The summed E-state index contributed by atoms with van der Waals surface area (Å²) >= 11 is 0. The van der Waals surface area contributed by atoms with Crippen LogP contribution in [0.3, 0.4) is 0 Å². The molecule has 0 aromatic carbocycles. The Morgan fingerprint density at radius 1 is 1.58 bits per heavy atom. The second kappa shape index (κ2) is 6.33. The lowest BCUT2D eigenvalue weighted by molar-refractivity contribution is -0.146. The van der Waals surface area contributed by atoms with Crippen LogP contribution in [0.1, 0.15) is 20.3 Å². The van der Waals surface area contributed by atoms with Gasteiger partial charge in [-0.2, -0.15) is 0 Å². The number of imide groups is 1. The molecule has 1 heterocycles. The van der Waals surface area contributed by atoms with E-state index in [4.69, 9.17) is 4.74 Å². The van der Waals surface area contributed by atoms with Crippen LogP contribution in [0.5, 0.6) is 0 Å². The van der Waals surface area contributed by atoms with Crippen LogP contribution in [0.15, 0.2) is 12.5 Å². The van der Waals surface area contributed by atoms with Crippen molar-refractivity contribution in [3.8, 4) is 0 Å². The van der Waals surface area contributed by atoms with E-state index in [1.54, 1.807) is 14.0 Å². The van der Waals surface area contributed by atoms with Crippen molar-refractivity contribution in [1.29, 1.82) is 0 Å². The van der Waals surface area contributed by atoms with Gasteiger partial charge in [0.15, 0.2) is 5.88 Å². The van der Waals surface area contributed by atoms with E-state index in [2.05, 4.69) is 17.2 Å². The molecule has 0 aromatic rings. The van der Waals surface area contributed by atoms with Gasteiger partial charge in [-0.3, -0.25) is 24.6 Å². The van der Waals surface area contributed by atoms with E-state index in [1.807, 2.05) is 0 Å².